The molecule has 3 heterocycles. The van der Waals surface area contributed by atoms with E-state index in [0.29, 0.717) is 30.3 Å². The number of nitrogens with zero attached hydrogens (tertiary/aromatic N) is 5. The Morgan fingerprint density at radius 3 is 2.79 bits per heavy atom. The second-order valence-corrected chi connectivity index (χ2v) is 6.32. The first-order valence-electron chi connectivity index (χ1n) is 7.49. The summed E-state index contributed by atoms with van der Waals surface area (Å²) in [5.41, 5.74) is 4.54. The number of fused-ring (bicyclic) bond motifs is 1. The predicted octanol–water partition coefficient (Wildman–Crippen LogP) is -0.522. The highest BCUT2D eigenvalue weighted by Crippen LogP contribution is 2.31. The lowest BCUT2D eigenvalue weighted by atomic mass is 10.0. The fourth-order valence-corrected chi connectivity index (χ4v) is 2.66. The molecule has 0 spiro atoms. The minimum atomic E-state index is -1.09. The Balaban J connectivity index is 1.92. The van der Waals surface area contributed by atoms with Gasteiger partial charge in [0.05, 0.1) is 11.6 Å². The van der Waals surface area contributed by atoms with Gasteiger partial charge in [-0.25, -0.2) is 9.67 Å². The Hall–Kier alpha value is -2.75. The van der Waals surface area contributed by atoms with Crippen LogP contribution in [0, 0.1) is 0 Å². The number of carbonyl (C=O) groups excluding carboxylic acids is 2. The van der Waals surface area contributed by atoms with E-state index in [2.05, 4.69) is 20.3 Å². The molecular formula is C14H19N7O3. The zero-order chi connectivity index (χ0) is 17.6. The Kier molecular flexibility index (Phi) is 3.63. The zero-order valence-electron chi connectivity index (χ0n) is 13.6. The van der Waals surface area contributed by atoms with Crippen molar-refractivity contribution in [2.45, 2.75) is 38.3 Å². The van der Waals surface area contributed by atoms with E-state index in [1.807, 2.05) is 0 Å². The van der Waals surface area contributed by atoms with Crippen molar-refractivity contribution >= 4 is 17.6 Å². The first kappa shape index (κ1) is 16.1. The lowest BCUT2D eigenvalue weighted by Crippen LogP contribution is -2.31. The van der Waals surface area contributed by atoms with Crippen molar-refractivity contribution in [1.82, 2.24) is 25.0 Å². The van der Waals surface area contributed by atoms with Gasteiger partial charge in [0.25, 0.3) is 5.91 Å². The Morgan fingerprint density at radius 2 is 2.21 bits per heavy atom. The van der Waals surface area contributed by atoms with Gasteiger partial charge >= 0.3 is 0 Å². The maximum Gasteiger partial charge on any atom is 0.288 e. The summed E-state index contributed by atoms with van der Waals surface area (Å²) in [5.74, 6) is -0.796. The maximum atomic E-state index is 12.8. The summed E-state index contributed by atoms with van der Waals surface area (Å²) in [6.45, 7) is 3.73. The molecule has 24 heavy (non-hydrogen) atoms. The number of aryl methyl sites for hydroxylation is 1. The van der Waals surface area contributed by atoms with E-state index in [-0.39, 0.29) is 11.7 Å². The van der Waals surface area contributed by atoms with E-state index >= 15 is 0 Å². The molecule has 10 nitrogen and oxygen atoms in total. The van der Waals surface area contributed by atoms with Crippen molar-refractivity contribution in [3.63, 3.8) is 0 Å². The fraction of sp³-hybridized carbons (Fsp3) is 0.500. The third-order valence-electron chi connectivity index (χ3n) is 4.04. The zero-order valence-corrected chi connectivity index (χ0v) is 13.6. The maximum absolute atomic E-state index is 12.8. The van der Waals surface area contributed by atoms with Gasteiger partial charge in [0, 0.05) is 19.7 Å². The van der Waals surface area contributed by atoms with Crippen molar-refractivity contribution < 1.29 is 14.7 Å². The molecule has 10 heteroatoms. The highest BCUT2D eigenvalue weighted by molar-refractivity contribution is 5.97. The van der Waals surface area contributed by atoms with Gasteiger partial charge in [-0.3, -0.25) is 19.6 Å². The first-order valence-corrected chi connectivity index (χ1v) is 7.49. The first-order chi connectivity index (χ1) is 11.2. The number of carbonyl (C=O) groups is 2. The van der Waals surface area contributed by atoms with Gasteiger partial charge < -0.3 is 10.8 Å². The van der Waals surface area contributed by atoms with Crippen LogP contribution in [-0.4, -0.2) is 48.9 Å². The molecule has 0 saturated heterocycles. The highest BCUT2D eigenvalue weighted by atomic mass is 16.3. The Labute approximate surface area is 137 Å². The summed E-state index contributed by atoms with van der Waals surface area (Å²) in [6, 6.07) is 1.69. The largest absolute Gasteiger partial charge is 0.384 e. The molecular weight excluding hydrogens is 314 g/mol. The van der Waals surface area contributed by atoms with Gasteiger partial charge in [0.1, 0.15) is 17.2 Å². The number of aromatic amines is 1. The summed E-state index contributed by atoms with van der Waals surface area (Å²) in [5, 5.41) is 20.8. The molecule has 0 bridgehead atoms. The fourth-order valence-electron chi connectivity index (χ4n) is 2.66. The number of amides is 2. The van der Waals surface area contributed by atoms with Gasteiger partial charge in [0.2, 0.25) is 11.7 Å². The Bertz CT molecular complexity index is 802. The summed E-state index contributed by atoms with van der Waals surface area (Å²) in [4.78, 5) is 29.4. The molecule has 1 aliphatic heterocycles. The summed E-state index contributed by atoms with van der Waals surface area (Å²) >= 11 is 0. The second-order valence-electron chi connectivity index (χ2n) is 6.32. The number of nitrogens with two attached hydrogens (primary N) is 1. The number of H-pyrrole nitrogens is 1. The minimum absolute atomic E-state index is 0.147. The topological polar surface area (TPSA) is 143 Å². The van der Waals surface area contributed by atoms with Crippen LogP contribution in [0.4, 0.5) is 5.82 Å². The molecule has 0 radical (unpaired) electrons. The van der Waals surface area contributed by atoms with Crippen molar-refractivity contribution in [3.05, 3.63) is 23.4 Å². The lowest BCUT2D eigenvalue weighted by Gasteiger charge is -2.18. The molecule has 0 aliphatic carbocycles. The van der Waals surface area contributed by atoms with E-state index in [4.69, 9.17) is 5.73 Å². The molecule has 2 aromatic rings. The van der Waals surface area contributed by atoms with E-state index in [1.54, 1.807) is 31.6 Å². The molecule has 2 aromatic heterocycles. The predicted molar refractivity (Wildman–Crippen MR) is 83.1 cm³/mol. The summed E-state index contributed by atoms with van der Waals surface area (Å²) in [7, 11) is 1.63. The normalized spacial score (nSPS) is 18.4. The number of hydrogen-bond acceptors (Lipinski definition) is 6. The van der Waals surface area contributed by atoms with Gasteiger partial charge in [-0.15, -0.1) is 5.10 Å². The molecule has 128 valence electrons. The van der Waals surface area contributed by atoms with Crippen LogP contribution in [0.1, 0.15) is 48.3 Å². The molecule has 1 unspecified atom stereocenters. The van der Waals surface area contributed by atoms with Crippen LogP contribution < -0.4 is 10.6 Å². The van der Waals surface area contributed by atoms with Gasteiger partial charge in [0.15, 0.2) is 0 Å². The van der Waals surface area contributed by atoms with Crippen LogP contribution in [0.15, 0.2) is 6.07 Å². The highest BCUT2D eigenvalue weighted by Gasteiger charge is 2.34. The number of aliphatic hydroxyl groups is 1. The lowest BCUT2D eigenvalue weighted by molar-refractivity contribution is -0.119. The SMILES string of the molecule is CN1C(=O)C(c2nc(C(N)=O)n[nH]2)CCn2nc(C(C)(C)O)cc21. The van der Waals surface area contributed by atoms with Crippen LogP contribution >= 0.6 is 0 Å². The molecule has 1 aliphatic rings. The second kappa shape index (κ2) is 5.41. The number of primary amides is 1. The summed E-state index contributed by atoms with van der Waals surface area (Å²) < 4.78 is 1.68. The summed E-state index contributed by atoms with van der Waals surface area (Å²) in [6.07, 6.45) is 0.427. The average Bonchev–Trinajstić information content (AvgIpc) is 3.10. The molecule has 0 saturated carbocycles. The van der Waals surface area contributed by atoms with Gasteiger partial charge in [-0.2, -0.15) is 5.10 Å². The molecule has 3 rings (SSSR count). The Morgan fingerprint density at radius 1 is 1.50 bits per heavy atom. The number of hydrogen-bond donors (Lipinski definition) is 3. The van der Waals surface area contributed by atoms with E-state index in [1.165, 1.54) is 4.90 Å². The third-order valence-corrected chi connectivity index (χ3v) is 4.04. The van der Waals surface area contributed by atoms with E-state index in [9.17, 15) is 14.7 Å². The molecule has 1 atom stereocenters. The van der Waals surface area contributed by atoms with Crippen molar-refractivity contribution in [3.8, 4) is 0 Å². The van der Waals surface area contributed by atoms with Gasteiger partial charge in [-0.05, 0) is 20.3 Å². The smallest absolute Gasteiger partial charge is 0.288 e. The van der Waals surface area contributed by atoms with Gasteiger partial charge in [-0.1, -0.05) is 0 Å². The average molecular weight is 333 g/mol. The molecule has 0 aromatic carbocycles. The quantitative estimate of drug-likeness (QED) is 0.689. The van der Waals surface area contributed by atoms with Crippen molar-refractivity contribution in [1.29, 1.82) is 0 Å². The number of rotatable bonds is 3. The molecule has 2 amide bonds. The van der Waals surface area contributed by atoms with E-state index < -0.39 is 17.4 Å². The van der Waals surface area contributed by atoms with Crippen molar-refractivity contribution in [2.24, 2.45) is 5.73 Å². The number of aromatic nitrogens is 5. The van der Waals surface area contributed by atoms with Crippen molar-refractivity contribution in [2.75, 3.05) is 11.9 Å². The number of likely N-dealkylation sites (N-methyl/N-ethyl adjacent to an activating group) is 1. The van der Waals surface area contributed by atoms with Crippen LogP contribution in [0.2, 0.25) is 0 Å². The number of nitrogens with one attached hydrogen (secondary N) is 1. The van der Waals surface area contributed by atoms with Crippen LogP contribution in [-0.2, 0) is 16.9 Å². The number of anilines is 1. The molecule has 4 N–H and O–H groups in total. The standard InChI is InChI=1S/C14H19N7O3/c1-14(2,24)8-6-9-20(3)13(23)7(4-5-21(9)19-8)11-16-12(10(15)22)18-17-11/h6-7,24H,4-5H2,1-3H3,(H2,15,22)(H,16,17,18). The monoisotopic (exact) mass is 333 g/mol. The van der Waals surface area contributed by atoms with Crippen LogP contribution in [0.5, 0.6) is 0 Å². The third kappa shape index (κ3) is 2.64. The minimum Gasteiger partial charge on any atom is -0.384 e. The molecule has 0 fully saturated rings. The van der Waals surface area contributed by atoms with Crippen LogP contribution in [0.25, 0.3) is 0 Å². The van der Waals surface area contributed by atoms with Crippen LogP contribution in [0.3, 0.4) is 0 Å². The van der Waals surface area contributed by atoms with E-state index in [0.717, 1.165) is 0 Å².